The number of hydrogen-bond donors (Lipinski definition) is 5. The maximum atomic E-state index is 13.2. The molecule has 7 N–H and O–H groups in total. The molecule has 0 saturated heterocycles. The van der Waals surface area contributed by atoms with Crippen LogP contribution in [-0.4, -0.2) is 62.8 Å². The number of nitrogens with two attached hydrogens (primary N) is 2. The first kappa shape index (κ1) is 62.0. The molecule has 0 aliphatic heterocycles. The van der Waals surface area contributed by atoms with E-state index in [4.69, 9.17) is 21.8 Å². The number of pyridine rings is 1. The van der Waals surface area contributed by atoms with Gasteiger partial charge in [0.15, 0.2) is 0 Å². The van der Waals surface area contributed by atoms with Gasteiger partial charge in [-0.3, -0.25) is 19.5 Å². The molecule has 4 aromatic heterocycles. The molecule has 8 rings (SSSR count). The third-order valence-electron chi connectivity index (χ3n) is 9.31. The number of carbonyl (C=O) groups is 3. The molecule has 0 bridgehead atoms. The van der Waals surface area contributed by atoms with Gasteiger partial charge in [-0.15, -0.1) is 5.10 Å². The Bertz CT molecular complexity index is 3160. The fraction of sp³-hybridized carbons (Fsp3) is 0.133. The molecule has 0 unspecified atom stereocenters. The molecular formula is C45H35Br2F9IN10O6V-. The van der Waals surface area contributed by atoms with E-state index >= 15 is 0 Å². The normalized spacial score (nSPS) is 11.0. The summed E-state index contributed by atoms with van der Waals surface area (Å²) in [6, 6.07) is 19.1. The third kappa shape index (κ3) is 17.1. The summed E-state index contributed by atoms with van der Waals surface area (Å²) in [5.41, 5.74) is 10.0. The Morgan fingerprint density at radius 1 is 0.743 bits per heavy atom. The van der Waals surface area contributed by atoms with Crippen LogP contribution in [0.2, 0.25) is 0 Å². The Labute approximate surface area is 454 Å². The number of nitrogens with zero attached hydrogens (tertiary/aromatic N) is 7. The summed E-state index contributed by atoms with van der Waals surface area (Å²) >= 11 is 7.58. The molecule has 1 radical (unpaired) electrons. The number of amides is 2. The number of fused-ring (bicyclic) bond motifs is 2. The molecule has 16 nitrogen and oxygen atoms in total. The quantitative estimate of drug-likeness (QED) is 0.0314. The molecular weight excluding hydrogens is 1290 g/mol. The van der Waals surface area contributed by atoms with Crippen molar-refractivity contribution < 1.29 is 87.8 Å². The van der Waals surface area contributed by atoms with Crippen LogP contribution in [0, 0.1) is 4.93 Å². The number of hydrogen-bond acceptors (Lipinski definition) is 11. The molecule has 0 spiro atoms. The minimum absolute atomic E-state index is 0. The number of aromatic carboxylic acids is 1. The second kappa shape index (κ2) is 26.7. The SMILES string of the molecule is CC(C)n1cc(-c2ccnc(Nc3cc(C(N)=O)cc(C(F)(F)F)c3)n2)c2ccncc21.NC(=O)c1cc(Br)cc(C(F)(F)F)c1.O=C(O)c1cc(Br)cc(C(F)(F)F)c1.OOn1nnc2ccccc21.[CH2-]I.[V]. The van der Waals surface area contributed by atoms with E-state index in [9.17, 15) is 53.9 Å². The van der Waals surface area contributed by atoms with Crippen LogP contribution in [-0.2, 0) is 37.1 Å². The number of alkyl halides is 9. The number of para-hydroxylation sites is 1. The van der Waals surface area contributed by atoms with Gasteiger partial charge in [0.2, 0.25) is 17.8 Å². The van der Waals surface area contributed by atoms with Crippen LogP contribution in [0.3, 0.4) is 0 Å². The van der Waals surface area contributed by atoms with Gasteiger partial charge in [0, 0.05) is 79.9 Å². The van der Waals surface area contributed by atoms with Crippen LogP contribution < -0.4 is 21.8 Å². The zero-order chi connectivity index (χ0) is 54.6. The summed E-state index contributed by atoms with van der Waals surface area (Å²) in [4.78, 5) is 53.4. The van der Waals surface area contributed by atoms with Gasteiger partial charge >= 0.3 is 24.5 Å². The average Bonchev–Trinajstić information content (AvgIpc) is 3.94. The molecule has 4 aromatic carbocycles. The van der Waals surface area contributed by atoms with E-state index in [0.29, 0.717) is 34.9 Å². The van der Waals surface area contributed by atoms with Gasteiger partial charge < -0.3 is 49.0 Å². The number of aromatic nitrogens is 7. The number of primary amides is 2. The Hall–Kier alpha value is -6.34. The van der Waals surface area contributed by atoms with E-state index in [1.807, 2.05) is 54.8 Å². The summed E-state index contributed by atoms with van der Waals surface area (Å²) in [6.07, 6.45) is -6.73. The molecule has 8 aromatic rings. The number of anilines is 2. The summed E-state index contributed by atoms with van der Waals surface area (Å²) in [7, 11) is 0. The molecule has 391 valence electrons. The Morgan fingerprint density at radius 3 is 1.80 bits per heavy atom. The minimum Gasteiger partial charge on any atom is -0.478 e. The van der Waals surface area contributed by atoms with Gasteiger partial charge in [-0.1, -0.05) is 44.0 Å². The maximum absolute atomic E-state index is 13.2. The van der Waals surface area contributed by atoms with Crippen LogP contribution >= 0.6 is 54.5 Å². The van der Waals surface area contributed by atoms with Gasteiger partial charge in [0.1, 0.15) is 11.0 Å². The van der Waals surface area contributed by atoms with Crippen molar-refractivity contribution >= 4 is 106 Å². The Morgan fingerprint density at radius 2 is 1.27 bits per heavy atom. The van der Waals surface area contributed by atoms with Gasteiger partial charge in [-0.2, -0.15) is 44.8 Å². The van der Waals surface area contributed by atoms with Crippen molar-refractivity contribution in [3.8, 4) is 11.3 Å². The second-order valence-corrected chi connectivity index (χ2v) is 16.5. The number of carbonyl (C=O) groups excluding carboxylic acids is 2. The zero-order valence-electron chi connectivity index (χ0n) is 37.5. The number of carboxylic acid groups (broad SMARTS) is 1. The van der Waals surface area contributed by atoms with Crippen molar-refractivity contribution in [1.82, 2.24) is 34.7 Å². The number of rotatable bonds is 8. The second-order valence-electron chi connectivity index (χ2n) is 14.6. The first-order valence-corrected chi connectivity index (χ1v) is 23.0. The molecule has 0 saturated carbocycles. The van der Waals surface area contributed by atoms with Crippen molar-refractivity contribution in [2.75, 3.05) is 5.32 Å². The van der Waals surface area contributed by atoms with Crippen LogP contribution in [0.4, 0.5) is 51.1 Å². The van der Waals surface area contributed by atoms with Gasteiger partial charge in [0.25, 0.3) is 0 Å². The van der Waals surface area contributed by atoms with Crippen molar-refractivity contribution in [1.29, 1.82) is 0 Å². The molecule has 29 heteroatoms. The molecule has 0 fully saturated rings. The summed E-state index contributed by atoms with van der Waals surface area (Å²) in [5.74, 6) is -3.17. The number of halogens is 12. The Balaban J connectivity index is 0.000000286. The molecule has 2 amide bonds. The third-order valence-corrected chi connectivity index (χ3v) is 10.2. The molecule has 4 heterocycles. The van der Waals surface area contributed by atoms with Crippen molar-refractivity contribution in [3.05, 3.63) is 163 Å². The van der Waals surface area contributed by atoms with E-state index in [1.54, 1.807) is 36.7 Å². The minimum atomic E-state index is -4.64. The molecule has 74 heavy (non-hydrogen) atoms. The number of nitrogens with one attached hydrogen (secondary N) is 1. The smallest absolute Gasteiger partial charge is 0.416 e. The Kier molecular flexibility index (Phi) is 22.4. The maximum Gasteiger partial charge on any atom is 0.416 e. The van der Waals surface area contributed by atoms with Gasteiger partial charge in [-0.05, 0) is 103 Å². The fourth-order valence-corrected chi connectivity index (χ4v) is 7.10. The molecule has 0 aliphatic carbocycles. The first-order chi connectivity index (χ1) is 34.2. The van der Waals surface area contributed by atoms with Crippen LogP contribution in [0.1, 0.15) is 67.7 Å². The summed E-state index contributed by atoms with van der Waals surface area (Å²) in [6.45, 7) is 4.10. The van der Waals surface area contributed by atoms with Crippen molar-refractivity contribution in [2.45, 2.75) is 38.4 Å². The van der Waals surface area contributed by atoms with Crippen LogP contribution in [0.15, 0.2) is 125 Å². The first-order valence-electron chi connectivity index (χ1n) is 19.9. The van der Waals surface area contributed by atoms with Crippen LogP contribution in [0.5, 0.6) is 0 Å². The van der Waals surface area contributed by atoms with E-state index in [2.05, 4.69) is 76.9 Å². The van der Waals surface area contributed by atoms with E-state index in [1.165, 1.54) is 18.3 Å². The topological polar surface area (TPSA) is 239 Å². The monoisotopic (exact) mass is 1320 g/mol. The predicted molar refractivity (Wildman–Crippen MR) is 264 cm³/mol. The number of carboxylic acids is 1. The van der Waals surface area contributed by atoms with Gasteiger partial charge in [0.05, 0.1) is 39.7 Å². The number of benzene rings is 4. The van der Waals surface area contributed by atoms with E-state index < -0.39 is 58.6 Å². The molecule has 0 aliphatic rings. The van der Waals surface area contributed by atoms with Crippen molar-refractivity contribution in [3.63, 3.8) is 0 Å². The molecule has 0 atom stereocenters. The van der Waals surface area contributed by atoms with Crippen molar-refractivity contribution in [2.24, 2.45) is 11.5 Å². The van der Waals surface area contributed by atoms with E-state index in [0.717, 1.165) is 45.6 Å². The standard InChI is InChI=1S/C22H19F3N6O.C8H5BrF3NO.C8H4BrF3O2.C6H5N3O2.CH2I.V/c1-12(2)31-11-17(16-3-5-27-10-19(16)31)18-4-6-28-21(30-18)29-15-8-13(20(26)32)7-14(9-15)22(23,24)25;2*9-6-2-4(7(13)14)1-5(3-6)8(10,11)12;10-11-9-6-4-2-1-3-5(6)7-8-9;1-2;/h3-12H,1-2H3,(H2,26,32)(H,28,29,30);1-3H,(H2,13,14);1-3H,(H,13,14);1-4,10H;1H2;/q;;;;-1;. The predicted octanol–water partition coefficient (Wildman–Crippen LogP) is 12.2. The average molecular weight is 1320 g/mol. The van der Waals surface area contributed by atoms with Gasteiger partial charge in [-0.25, -0.2) is 19.8 Å². The summed E-state index contributed by atoms with van der Waals surface area (Å²) < 4.78 is 115. The fourth-order valence-electron chi connectivity index (χ4n) is 6.11. The largest absolute Gasteiger partial charge is 0.478 e. The zero-order valence-corrected chi connectivity index (χ0v) is 44.3. The summed E-state index contributed by atoms with van der Waals surface area (Å²) in [5, 5.41) is 27.7. The van der Waals surface area contributed by atoms with Crippen LogP contribution in [0.25, 0.3) is 33.2 Å². The van der Waals surface area contributed by atoms with E-state index in [-0.39, 0.29) is 56.3 Å².